The van der Waals surface area contributed by atoms with E-state index in [1.807, 2.05) is 6.92 Å². The molecule has 0 saturated carbocycles. The monoisotopic (exact) mass is 236 g/mol. The van der Waals surface area contributed by atoms with E-state index in [9.17, 15) is 9.59 Å². The SMILES string of the molecule is CNc1cc(C)ncc1C(=O)NC(C)C(N)=O. The molecule has 92 valence electrons. The number of rotatable bonds is 4. The van der Waals surface area contributed by atoms with Crippen LogP contribution in [0.2, 0.25) is 0 Å². The predicted octanol–water partition coefficient (Wildman–Crippen LogP) is 0.0353. The minimum atomic E-state index is -0.714. The molecule has 0 spiro atoms. The number of amides is 2. The molecule has 1 aromatic heterocycles. The zero-order valence-electron chi connectivity index (χ0n) is 10.1. The summed E-state index contributed by atoms with van der Waals surface area (Å²) < 4.78 is 0. The topological polar surface area (TPSA) is 97.1 Å². The van der Waals surface area contributed by atoms with Crippen LogP contribution in [-0.2, 0) is 4.79 Å². The Labute approximate surface area is 99.6 Å². The average Bonchev–Trinajstić information content (AvgIpc) is 2.28. The van der Waals surface area contributed by atoms with Gasteiger partial charge in [-0.1, -0.05) is 0 Å². The summed E-state index contributed by atoms with van der Waals surface area (Å²) in [6, 6.07) is 1.04. The molecular weight excluding hydrogens is 220 g/mol. The van der Waals surface area contributed by atoms with E-state index in [1.54, 1.807) is 13.1 Å². The van der Waals surface area contributed by atoms with Gasteiger partial charge in [0.2, 0.25) is 5.91 Å². The molecule has 0 radical (unpaired) electrons. The van der Waals surface area contributed by atoms with Crippen molar-refractivity contribution in [3.63, 3.8) is 0 Å². The van der Waals surface area contributed by atoms with Crippen LogP contribution in [-0.4, -0.2) is 29.9 Å². The highest BCUT2D eigenvalue weighted by molar-refractivity contribution is 6.01. The molecule has 0 saturated heterocycles. The van der Waals surface area contributed by atoms with Gasteiger partial charge in [-0.3, -0.25) is 14.6 Å². The smallest absolute Gasteiger partial charge is 0.255 e. The van der Waals surface area contributed by atoms with E-state index in [2.05, 4.69) is 15.6 Å². The number of primary amides is 1. The van der Waals surface area contributed by atoms with E-state index >= 15 is 0 Å². The molecule has 17 heavy (non-hydrogen) atoms. The zero-order chi connectivity index (χ0) is 13.0. The van der Waals surface area contributed by atoms with Gasteiger partial charge < -0.3 is 16.4 Å². The Kier molecular flexibility index (Phi) is 4.03. The quantitative estimate of drug-likeness (QED) is 0.687. The molecule has 1 rings (SSSR count). The third kappa shape index (κ3) is 3.17. The molecule has 2 amide bonds. The number of hydrogen-bond donors (Lipinski definition) is 3. The van der Waals surface area contributed by atoms with Gasteiger partial charge in [-0.15, -0.1) is 0 Å². The highest BCUT2D eigenvalue weighted by Crippen LogP contribution is 2.14. The molecule has 4 N–H and O–H groups in total. The zero-order valence-corrected chi connectivity index (χ0v) is 10.1. The van der Waals surface area contributed by atoms with Crippen molar-refractivity contribution in [3.8, 4) is 0 Å². The molecule has 6 nitrogen and oxygen atoms in total. The lowest BCUT2D eigenvalue weighted by Crippen LogP contribution is -2.42. The van der Waals surface area contributed by atoms with Crippen LogP contribution in [0.1, 0.15) is 23.0 Å². The Morgan fingerprint density at radius 1 is 1.47 bits per heavy atom. The molecule has 1 atom stereocenters. The fourth-order valence-corrected chi connectivity index (χ4v) is 1.29. The maximum atomic E-state index is 11.9. The van der Waals surface area contributed by atoms with Crippen LogP contribution in [0.4, 0.5) is 5.69 Å². The summed E-state index contributed by atoms with van der Waals surface area (Å²) in [5.41, 5.74) is 6.91. The average molecular weight is 236 g/mol. The van der Waals surface area contributed by atoms with Gasteiger partial charge in [0.15, 0.2) is 0 Å². The van der Waals surface area contributed by atoms with Crippen molar-refractivity contribution >= 4 is 17.5 Å². The van der Waals surface area contributed by atoms with Crippen molar-refractivity contribution in [1.82, 2.24) is 10.3 Å². The summed E-state index contributed by atoms with van der Waals surface area (Å²) in [5.74, 6) is -0.961. The minimum Gasteiger partial charge on any atom is -0.387 e. The van der Waals surface area contributed by atoms with Crippen molar-refractivity contribution in [1.29, 1.82) is 0 Å². The van der Waals surface area contributed by atoms with E-state index in [0.29, 0.717) is 11.3 Å². The lowest BCUT2D eigenvalue weighted by Gasteiger charge is -2.13. The number of anilines is 1. The molecule has 0 aliphatic rings. The maximum Gasteiger partial charge on any atom is 0.255 e. The Morgan fingerprint density at radius 2 is 2.12 bits per heavy atom. The first-order valence-corrected chi connectivity index (χ1v) is 5.20. The molecular formula is C11H16N4O2. The Bertz CT molecular complexity index is 445. The van der Waals surface area contributed by atoms with Gasteiger partial charge in [-0.05, 0) is 19.9 Å². The van der Waals surface area contributed by atoms with E-state index in [-0.39, 0.29) is 5.91 Å². The molecule has 1 aromatic rings. The summed E-state index contributed by atoms with van der Waals surface area (Å²) in [4.78, 5) is 26.7. The first-order chi connectivity index (χ1) is 7.95. The van der Waals surface area contributed by atoms with E-state index in [0.717, 1.165) is 5.69 Å². The lowest BCUT2D eigenvalue weighted by atomic mass is 10.2. The van der Waals surface area contributed by atoms with Crippen molar-refractivity contribution < 1.29 is 9.59 Å². The van der Waals surface area contributed by atoms with Gasteiger partial charge >= 0.3 is 0 Å². The van der Waals surface area contributed by atoms with Crippen LogP contribution < -0.4 is 16.4 Å². The number of nitrogens with zero attached hydrogens (tertiary/aromatic N) is 1. The number of pyridine rings is 1. The highest BCUT2D eigenvalue weighted by atomic mass is 16.2. The van der Waals surface area contributed by atoms with Crippen LogP contribution >= 0.6 is 0 Å². The third-order valence-corrected chi connectivity index (χ3v) is 2.33. The van der Waals surface area contributed by atoms with Gasteiger partial charge in [0.25, 0.3) is 5.91 Å². The summed E-state index contributed by atoms with van der Waals surface area (Å²) >= 11 is 0. The summed E-state index contributed by atoms with van der Waals surface area (Å²) in [6.07, 6.45) is 1.46. The number of aryl methyl sites for hydroxylation is 1. The molecule has 0 aromatic carbocycles. The van der Waals surface area contributed by atoms with E-state index in [4.69, 9.17) is 5.73 Å². The third-order valence-electron chi connectivity index (χ3n) is 2.33. The summed E-state index contributed by atoms with van der Waals surface area (Å²) in [7, 11) is 1.71. The normalized spacial score (nSPS) is 11.7. The minimum absolute atomic E-state index is 0.381. The van der Waals surface area contributed by atoms with Gasteiger partial charge in [-0.25, -0.2) is 0 Å². The second-order valence-electron chi connectivity index (χ2n) is 3.72. The molecule has 1 unspecified atom stereocenters. The van der Waals surface area contributed by atoms with Gasteiger partial charge in [0.05, 0.1) is 11.3 Å². The Balaban J connectivity index is 2.92. The first kappa shape index (κ1) is 13.0. The Hall–Kier alpha value is -2.11. The molecule has 0 aliphatic carbocycles. The lowest BCUT2D eigenvalue weighted by molar-refractivity contribution is -0.119. The molecule has 0 fully saturated rings. The number of aromatic nitrogens is 1. The van der Waals surface area contributed by atoms with E-state index < -0.39 is 11.9 Å². The molecule has 1 heterocycles. The predicted molar refractivity (Wildman–Crippen MR) is 64.6 cm³/mol. The van der Waals surface area contributed by atoms with Gasteiger partial charge in [-0.2, -0.15) is 0 Å². The van der Waals surface area contributed by atoms with Gasteiger partial charge in [0.1, 0.15) is 6.04 Å². The molecule has 6 heteroatoms. The van der Waals surface area contributed by atoms with Crippen molar-refractivity contribution in [2.24, 2.45) is 5.73 Å². The fourth-order valence-electron chi connectivity index (χ4n) is 1.29. The number of carbonyl (C=O) groups excluding carboxylic acids is 2. The van der Waals surface area contributed by atoms with Crippen LogP contribution in [0.15, 0.2) is 12.3 Å². The van der Waals surface area contributed by atoms with Crippen molar-refractivity contribution in [3.05, 3.63) is 23.5 Å². The standard InChI is InChI=1S/C11H16N4O2/c1-6-4-9(13-3)8(5-14-6)11(17)15-7(2)10(12)16/h4-5,7H,1-3H3,(H2,12,16)(H,13,14)(H,15,17). The summed E-state index contributed by atoms with van der Waals surface area (Å²) in [5, 5.41) is 5.40. The summed E-state index contributed by atoms with van der Waals surface area (Å²) in [6.45, 7) is 3.36. The number of nitrogens with one attached hydrogen (secondary N) is 2. The van der Waals surface area contributed by atoms with Crippen LogP contribution in [0.5, 0.6) is 0 Å². The van der Waals surface area contributed by atoms with Crippen LogP contribution in [0, 0.1) is 6.92 Å². The fraction of sp³-hybridized carbons (Fsp3) is 0.364. The van der Waals surface area contributed by atoms with E-state index in [1.165, 1.54) is 13.1 Å². The maximum absolute atomic E-state index is 11.9. The second kappa shape index (κ2) is 5.29. The van der Waals surface area contributed by atoms with Crippen molar-refractivity contribution in [2.75, 3.05) is 12.4 Å². The van der Waals surface area contributed by atoms with Crippen LogP contribution in [0.3, 0.4) is 0 Å². The van der Waals surface area contributed by atoms with Crippen molar-refractivity contribution in [2.45, 2.75) is 19.9 Å². The second-order valence-corrected chi connectivity index (χ2v) is 3.72. The van der Waals surface area contributed by atoms with Crippen LogP contribution in [0.25, 0.3) is 0 Å². The number of nitrogens with two attached hydrogens (primary N) is 1. The molecule has 0 bridgehead atoms. The largest absolute Gasteiger partial charge is 0.387 e. The first-order valence-electron chi connectivity index (χ1n) is 5.20. The molecule has 0 aliphatic heterocycles. The highest BCUT2D eigenvalue weighted by Gasteiger charge is 2.16. The number of hydrogen-bond acceptors (Lipinski definition) is 4. The van der Waals surface area contributed by atoms with Gasteiger partial charge in [0, 0.05) is 18.9 Å². The number of carbonyl (C=O) groups is 2. The Morgan fingerprint density at radius 3 is 2.65 bits per heavy atom.